The zero-order chi connectivity index (χ0) is 13.7. The molecule has 0 saturated carbocycles. The van der Waals surface area contributed by atoms with Crippen LogP contribution in [0.25, 0.3) is 0 Å². The zero-order valence-electron chi connectivity index (χ0n) is 11.6. The van der Waals surface area contributed by atoms with Crippen molar-refractivity contribution in [2.45, 2.75) is 26.3 Å². The molecule has 1 heterocycles. The van der Waals surface area contributed by atoms with Crippen LogP contribution in [0.15, 0.2) is 30.6 Å². The molecule has 0 spiro atoms. The molecule has 0 bridgehead atoms. The number of hydrogen-bond donors (Lipinski definition) is 1. The molecule has 0 radical (unpaired) electrons. The molecule has 2 aromatic rings. The van der Waals surface area contributed by atoms with Gasteiger partial charge in [0.1, 0.15) is 12.1 Å². The third-order valence-corrected chi connectivity index (χ3v) is 2.91. The van der Waals surface area contributed by atoms with Gasteiger partial charge in [-0.2, -0.15) is 4.98 Å². The molecule has 0 amide bonds. The number of rotatable bonds is 6. The minimum absolute atomic E-state index is 0.352. The van der Waals surface area contributed by atoms with Crippen LogP contribution in [0.3, 0.4) is 0 Å². The predicted molar refractivity (Wildman–Crippen MR) is 74.2 cm³/mol. The van der Waals surface area contributed by atoms with Crippen LogP contribution in [0.5, 0.6) is 11.8 Å². The summed E-state index contributed by atoms with van der Waals surface area (Å²) >= 11 is 0. The molecule has 102 valence electrons. The third kappa shape index (κ3) is 3.54. The van der Waals surface area contributed by atoms with Gasteiger partial charge in [-0.3, -0.25) is 4.68 Å². The van der Waals surface area contributed by atoms with Crippen molar-refractivity contribution in [1.82, 2.24) is 20.1 Å². The maximum absolute atomic E-state index is 5.64. The highest BCUT2D eigenvalue weighted by Gasteiger charge is 2.09. The molecular weight excluding hydrogens is 240 g/mol. The maximum atomic E-state index is 5.64. The van der Waals surface area contributed by atoms with Crippen LogP contribution in [-0.2, 0) is 7.05 Å². The second kappa shape index (κ2) is 6.33. The molecule has 0 saturated heterocycles. The smallest absolute Gasteiger partial charge is 0.340 e. The lowest BCUT2D eigenvalue weighted by Crippen LogP contribution is -2.19. The van der Waals surface area contributed by atoms with Crippen LogP contribution in [0.2, 0.25) is 0 Å². The first kappa shape index (κ1) is 13.5. The van der Waals surface area contributed by atoms with E-state index >= 15 is 0 Å². The van der Waals surface area contributed by atoms with Crippen LogP contribution >= 0.6 is 0 Å². The average Bonchev–Trinajstić information content (AvgIpc) is 2.81. The van der Waals surface area contributed by atoms with Gasteiger partial charge in [0.05, 0.1) is 0 Å². The van der Waals surface area contributed by atoms with Crippen molar-refractivity contribution in [2.75, 3.05) is 6.54 Å². The SMILES string of the molecule is CCNC(CC)c1cccc(Oc2ncn(C)n2)c1. The Kier molecular flexibility index (Phi) is 4.52. The van der Waals surface area contributed by atoms with Crippen LogP contribution in [0, 0.1) is 0 Å². The number of ether oxygens (including phenoxy) is 1. The van der Waals surface area contributed by atoms with E-state index in [1.165, 1.54) is 5.56 Å². The van der Waals surface area contributed by atoms with E-state index in [4.69, 9.17) is 4.74 Å². The fourth-order valence-corrected chi connectivity index (χ4v) is 2.01. The van der Waals surface area contributed by atoms with Gasteiger partial charge in [-0.1, -0.05) is 26.0 Å². The lowest BCUT2D eigenvalue weighted by Gasteiger charge is -2.16. The minimum atomic E-state index is 0.352. The Morgan fingerprint density at radius 3 is 2.84 bits per heavy atom. The lowest BCUT2D eigenvalue weighted by molar-refractivity contribution is 0.436. The van der Waals surface area contributed by atoms with Crippen molar-refractivity contribution in [2.24, 2.45) is 7.05 Å². The van der Waals surface area contributed by atoms with Crippen molar-refractivity contribution in [3.8, 4) is 11.8 Å². The van der Waals surface area contributed by atoms with E-state index in [2.05, 4.69) is 35.3 Å². The Balaban J connectivity index is 2.14. The summed E-state index contributed by atoms with van der Waals surface area (Å²) in [5.41, 5.74) is 1.22. The fourth-order valence-electron chi connectivity index (χ4n) is 2.01. The number of aromatic nitrogens is 3. The second-order valence-electron chi connectivity index (χ2n) is 4.39. The molecule has 1 atom stereocenters. The topological polar surface area (TPSA) is 52.0 Å². The Morgan fingerprint density at radius 2 is 2.21 bits per heavy atom. The maximum Gasteiger partial charge on any atom is 0.340 e. The molecule has 1 aromatic carbocycles. The van der Waals surface area contributed by atoms with Gasteiger partial charge in [-0.15, -0.1) is 5.10 Å². The first-order valence-corrected chi connectivity index (χ1v) is 6.59. The third-order valence-electron chi connectivity index (χ3n) is 2.91. The van der Waals surface area contributed by atoms with Crippen LogP contribution in [-0.4, -0.2) is 21.3 Å². The lowest BCUT2D eigenvalue weighted by atomic mass is 10.0. The number of nitrogens with one attached hydrogen (secondary N) is 1. The van der Waals surface area contributed by atoms with Crippen LogP contribution in [0.1, 0.15) is 31.9 Å². The van der Waals surface area contributed by atoms with E-state index in [0.29, 0.717) is 12.1 Å². The van der Waals surface area contributed by atoms with E-state index in [-0.39, 0.29) is 0 Å². The van der Waals surface area contributed by atoms with Gasteiger partial charge in [-0.05, 0) is 30.7 Å². The largest absolute Gasteiger partial charge is 0.423 e. The highest BCUT2D eigenvalue weighted by molar-refractivity contribution is 5.32. The van der Waals surface area contributed by atoms with Gasteiger partial charge in [-0.25, -0.2) is 0 Å². The summed E-state index contributed by atoms with van der Waals surface area (Å²) in [7, 11) is 1.81. The molecule has 1 N–H and O–H groups in total. The molecule has 19 heavy (non-hydrogen) atoms. The predicted octanol–water partition coefficient (Wildman–Crippen LogP) is 2.67. The van der Waals surface area contributed by atoms with E-state index in [9.17, 15) is 0 Å². The average molecular weight is 260 g/mol. The first-order valence-electron chi connectivity index (χ1n) is 6.59. The van der Waals surface area contributed by atoms with E-state index in [1.54, 1.807) is 11.0 Å². The quantitative estimate of drug-likeness (QED) is 0.867. The van der Waals surface area contributed by atoms with Gasteiger partial charge in [0.2, 0.25) is 0 Å². The standard InChI is InChI=1S/C14H20N4O/c1-4-13(15-5-2)11-7-6-8-12(9-11)19-14-16-10-18(3)17-14/h6-10,13,15H,4-5H2,1-3H3. The molecule has 1 aromatic heterocycles. The summed E-state index contributed by atoms with van der Waals surface area (Å²) in [6, 6.07) is 8.77. The molecule has 0 aliphatic rings. The molecule has 1 unspecified atom stereocenters. The molecule has 5 heteroatoms. The summed E-state index contributed by atoms with van der Waals surface area (Å²) in [4.78, 5) is 4.06. The van der Waals surface area contributed by atoms with Gasteiger partial charge in [0, 0.05) is 13.1 Å². The van der Waals surface area contributed by atoms with Crippen molar-refractivity contribution in [3.05, 3.63) is 36.2 Å². The second-order valence-corrected chi connectivity index (χ2v) is 4.39. The molecule has 0 aliphatic carbocycles. The number of benzene rings is 1. The van der Waals surface area contributed by atoms with Crippen molar-refractivity contribution in [1.29, 1.82) is 0 Å². The number of aryl methyl sites for hydroxylation is 1. The first-order chi connectivity index (χ1) is 9.22. The summed E-state index contributed by atoms with van der Waals surface area (Å²) < 4.78 is 7.26. The van der Waals surface area contributed by atoms with Crippen LogP contribution < -0.4 is 10.1 Å². The minimum Gasteiger partial charge on any atom is -0.423 e. The molecule has 0 aliphatic heterocycles. The van der Waals surface area contributed by atoms with E-state index < -0.39 is 0 Å². The van der Waals surface area contributed by atoms with Crippen molar-refractivity contribution >= 4 is 0 Å². The normalized spacial score (nSPS) is 12.4. The summed E-state index contributed by atoms with van der Waals surface area (Å²) in [5, 5.41) is 7.56. The van der Waals surface area contributed by atoms with Crippen molar-refractivity contribution < 1.29 is 4.74 Å². The molecule has 5 nitrogen and oxygen atoms in total. The Bertz CT molecular complexity index is 524. The van der Waals surface area contributed by atoms with Gasteiger partial charge >= 0.3 is 6.01 Å². The summed E-state index contributed by atoms with van der Waals surface area (Å²) in [6.45, 7) is 5.23. The summed E-state index contributed by atoms with van der Waals surface area (Å²) in [6.07, 6.45) is 2.66. The number of hydrogen-bond acceptors (Lipinski definition) is 4. The highest BCUT2D eigenvalue weighted by atomic mass is 16.5. The Labute approximate surface area is 113 Å². The molecule has 2 rings (SSSR count). The van der Waals surface area contributed by atoms with E-state index in [1.807, 2.05) is 25.2 Å². The molecular formula is C14H20N4O. The van der Waals surface area contributed by atoms with Gasteiger partial charge in [0.15, 0.2) is 0 Å². The summed E-state index contributed by atoms with van der Waals surface area (Å²) in [5.74, 6) is 0.764. The fraction of sp³-hybridized carbons (Fsp3) is 0.429. The van der Waals surface area contributed by atoms with Gasteiger partial charge < -0.3 is 10.1 Å². The monoisotopic (exact) mass is 260 g/mol. The van der Waals surface area contributed by atoms with Crippen LogP contribution in [0.4, 0.5) is 0 Å². The van der Waals surface area contributed by atoms with Gasteiger partial charge in [0.25, 0.3) is 0 Å². The number of nitrogens with zero attached hydrogens (tertiary/aromatic N) is 3. The van der Waals surface area contributed by atoms with Crippen molar-refractivity contribution in [3.63, 3.8) is 0 Å². The van der Waals surface area contributed by atoms with E-state index in [0.717, 1.165) is 18.7 Å². The Hall–Kier alpha value is -1.88. The molecule has 0 fully saturated rings. The Morgan fingerprint density at radius 1 is 1.37 bits per heavy atom. The highest BCUT2D eigenvalue weighted by Crippen LogP contribution is 2.23. The zero-order valence-corrected chi connectivity index (χ0v) is 11.6.